The van der Waals surface area contributed by atoms with Crippen molar-refractivity contribution in [3.8, 4) is 17.2 Å². The van der Waals surface area contributed by atoms with E-state index in [1.54, 1.807) is 36.0 Å². The molecule has 0 saturated heterocycles. The van der Waals surface area contributed by atoms with Crippen molar-refractivity contribution >= 4 is 23.5 Å². The van der Waals surface area contributed by atoms with Gasteiger partial charge in [0, 0.05) is 10.6 Å². The predicted molar refractivity (Wildman–Crippen MR) is 82.1 cm³/mol. The van der Waals surface area contributed by atoms with Crippen molar-refractivity contribution in [2.45, 2.75) is 15.9 Å². The maximum Gasteiger partial charge on any atom is 0.134 e. The molecule has 2 N–H and O–H groups in total. The van der Waals surface area contributed by atoms with Crippen LogP contribution in [0.15, 0.2) is 46.2 Å². The Bertz CT molecular complexity index is 643. The Hall–Kier alpha value is -1.46. The number of phenolic OH excluding ortho intramolecular Hbond substituents is 2. The van der Waals surface area contributed by atoms with E-state index < -0.39 is 0 Å². The molecular weight excluding hydrogens is 292 g/mol. The summed E-state index contributed by atoms with van der Waals surface area (Å²) in [5.74, 6) is 2.08. The highest BCUT2D eigenvalue weighted by Crippen LogP contribution is 2.42. The topological polar surface area (TPSA) is 49.7 Å². The molecule has 0 radical (unpaired) electrons. The van der Waals surface area contributed by atoms with E-state index in [0.29, 0.717) is 5.75 Å². The van der Waals surface area contributed by atoms with Gasteiger partial charge in [-0.25, -0.2) is 0 Å². The zero-order valence-electron chi connectivity index (χ0n) is 10.9. The van der Waals surface area contributed by atoms with Gasteiger partial charge in [0.2, 0.25) is 0 Å². The molecule has 0 spiro atoms. The highest BCUT2D eigenvalue weighted by Gasteiger charge is 2.22. The molecule has 104 valence electrons. The summed E-state index contributed by atoms with van der Waals surface area (Å²) < 4.78 is 5.95. The predicted octanol–water partition coefficient (Wildman–Crippen LogP) is 4.05. The van der Waals surface area contributed by atoms with E-state index in [1.807, 2.05) is 18.4 Å². The van der Waals surface area contributed by atoms with Gasteiger partial charge in [0.1, 0.15) is 23.4 Å². The molecule has 0 fully saturated rings. The van der Waals surface area contributed by atoms with Gasteiger partial charge in [-0.3, -0.25) is 0 Å². The highest BCUT2D eigenvalue weighted by atomic mass is 32.2. The summed E-state index contributed by atoms with van der Waals surface area (Å²) in [6, 6.07) is 10.8. The van der Waals surface area contributed by atoms with Crippen LogP contribution in [0.5, 0.6) is 17.2 Å². The molecule has 1 aliphatic heterocycles. The van der Waals surface area contributed by atoms with Crippen LogP contribution in [0.1, 0.15) is 11.7 Å². The number of fused-ring (bicyclic) bond motifs is 1. The average molecular weight is 306 g/mol. The second kappa shape index (κ2) is 5.50. The van der Waals surface area contributed by atoms with Gasteiger partial charge in [0.05, 0.1) is 4.90 Å². The average Bonchev–Trinajstić information content (AvgIpc) is 2.46. The smallest absolute Gasteiger partial charge is 0.134 e. The lowest BCUT2D eigenvalue weighted by atomic mass is 10.1. The lowest BCUT2D eigenvalue weighted by Crippen LogP contribution is -2.14. The first-order valence-corrected chi connectivity index (χ1v) is 8.38. The molecule has 0 amide bonds. The molecule has 0 saturated carbocycles. The van der Waals surface area contributed by atoms with E-state index in [2.05, 4.69) is 0 Å². The van der Waals surface area contributed by atoms with Crippen LogP contribution in [0.25, 0.3) is 0 Å². The minimum absolute atomic E-state index is 0.0844. The van der Waals surface area contributed by atoms with Crippen LogP contribution in [-0.4, -0.2) is 22.2 Å². The van der Waals surface area contributed by atoms with Gasteiger partial charge in [-0.2, -0.15) is 0 Å². The second-order valence-electron chi connectivity index (χ2n) is 4.48. The number of phenols is 2. The monoisotopic (exact) mass is 306 g/mol. The van der Waals surface area contributed by atoms with Crippen LogP contribution < -0.4 is 4.74 Å². The third-order valence-corrected chi connectivity index (χ3v) is 5.05. The highest BCUT2D eigenvalue weighted by molar-refractivity contribution is 7.99. The number of hydrogen-bond donors (Lipinski definition) is 2. The third kappa shape index (κ3) is 2.55. The lowest BCUT2D eigenvalue weighted by Gasteiger charge is -2.26. The summed E-state index contributed by atoms with van der Waals surface area (Å²) >= 11 is 3.17. The Labute approximate surface area is 126 Å². The van der Waals surface area contributed by atoms with Crippen molar-refractivity contribution in [2.24, 2.45) is 0 Å². The maximum absolute atomic E-state index is 9.94. The summed E-state index contributed by atoms with van der Waals surface area (Å²) in [4.78, 5) is 1.81. The van der Waals surface area contributed by atoms with Gasteiger partial charge in [-0.15, -0.1) is 23.5 Å². The van der Waals surface area contributed by atoms with Gasteiger partial charge in [0.15, 0.2) is 0 Å². The second-order valence-corrected chi connectivity index (χ2v) is 6.39. The summed E-state index contributed by atoms with van der Waals surface area (Å²) in [6.07, 6.45) is 1.85. The van der Waals surface area contributed by atoms with Crippen molar-refractivity contribution < 1.29 is 14.9 Å². The molecule has 0 aliphatic carbocycles. The summed E-state index contributed by atoms with van der Waals surface area (Å²) in [6.45, 7) is 0. The molecule has 20 heavy (non-hydrogen) atoms. The SMILES string of the molecule is CSc1ccc(C2CSc3cc(O)ccc3O2)cc1O. The Morgan fingerprint density at radius 2 is 2.05 bits per heavy atom. The number of thioether (sulfide) groups is 2. The summed E-state index contributed by atoms with van der Waals surface area (Å²) in [7, 11) is 0. The number of benzene rings is 2. The first kappa shape index (κ1) is 13.5. The molecule has 1 aliphatic rings. The first-order chi connectivity index (χ1) is 9.67. The molecule has 2 aromatic carbocycles. The minimum atomic E-state index is -0.0844. The molecule has 0 aromatic heterocycles. The van der Waals surface area contributed by atoms with E-state index >= 15 is 0 Å². The van der Waals surface area contributed by atoms with E-state index in [0.717, 1.165) is 26.9 Å². The van der Waals surface area contributed by atoms with E-state index in [9.17, 15) is 10.2 Å². The van der Waals surface area contributed by atoms with Crippen LogP contribution in [0, 0.1) is 0 Å². The van der Waals surface area contributed by atoms with Crippen molar-refractivity contribution in [2.75, 3.05) is 12.0 Å². The standard InChI is InChI=1S/C15H14O3S2/c1-19-14-5-2-9(6-11(14)17)13-8-20-15-7-10(16)3-4-12(15)18-13/h2-7,13,16-17H,8H2,1H3. The maximum atomic E-state index is 9.94. The molecule has 1 heterocycles. The number of aromatic hydroxyl groups is 2. The van der Waals surface area contributed by atoms with Gasteiger partial charge in [-0.1, -0.05) is 6.07 Å². The largest absolute Gasteiger partial charge is 0.508 e. The van der Waals surface area contributed by atoms with Crippen LogP contribution in [0.2, 0.25) is 0 Å². The molecule has 0 bridgehead atoms. The third-order valence-electron chi connectivity index (χ3n) is 3.16. The van der Waals surface area contributed by atoms with Gasteiger partial charge in [0.25, 0.3) is 0 Å². The fourth-order valence-corrected chi connectivity index (χ4v) is 3.66. The van der Waals surface area contributed by atoms with Crippen LogP contribution in [0.3, 0.4) is 0 Å². The zero-order chi connectivity index (χ0) is 14.1. The van der Waals surface area contributed by atoms with Crippen molar-refractivity contribution in [1.29, 1.82) is 0 Å². The normalized spacial score (nSPS) is 17.4. The van der Waals surface area contributed by atoms with Crippen LogP contribution >= 0.6 is 23.5 Å². The Morgan fingerprint density at radius 1 is 1.20 bits per heavy atom. The molecule has 3 rings (SSSR count). The van der Waals surface area contributed by atoms with E-state index in [4.69, 9.17) is 4.74 Å². The van der Waals surface area contributed by atoms with Crippen LogP contribution in [-0.2, 0) is 0 Å². The summed E-state index contributed by atoms with van der Waals surface area (Å²) in [5, 5.41) is 19.4. The van der Waals surface area contributed by atoms with Gasteiger partial charge < -0.3 is 14.9 Å². The molecular formula is C15H14O3S2. The van der Waals surface area contributed by atoms with Crippen molar-refractivity contribution in [3.63, 3.8) is 0 Å². The fourth-order valence-electron chi connectivity index (χ4n) is 2.13. The Morgan fingerprint density at radius 3 is 2.80 bits per heavy atom. The number of hydrogen-bond acceptors (Lipinski definition) is 5. The first-order valence-electron chi connectivity index (χ1n) is 6.17. The quantitative estimate of drug-likeness (QED) is 0.820. The molecule has 5 heteroatoms. The van der Waals surface area contributed by atoms with Crippen molar-refractivity contribution in [1.82, 2.24) is 0 Å². The molecule has 1 atom stereocenters. The van der Waals surface area contributed by atoms with Gasteiger partial charge in [-0.05, 0) is 42.2 Å². The molecule has 3 nitrogen and oxygen atoms in total. The molecule has 2 aromatic rings. The molecule has 1 unspecified atom stereocenters. The number of rotatable bonds is 2. The fraction of sp³-hybridized carbons (Fsp3) is 0.200. The van der Waals surface area contributed by atoms with Crippen molar-refractivity contribution in [3.05, 3.63) is 42.0 Å². The minimum Gasteiger partial charge on any atom is -0.508 e. The Balaban J connectivity index is 1.86. The summed E-state index contributed by atoms with van der Waals surface area (Å²) in [5.41, 5.74) is 0.964. The Kier molecular flexibility index (Phi) is 3.72. The lowest BCUT2D eigenvalue weighted by molar-refractivity contribution is 0.219. The van der Waals surface area contributed by atoms with E-state index in [1.165, 1.54) is 11.8 Å². The van der Waals surface area contributed by atoms with E-state index in [-0.39, 0.29) is 11.9 Å². The number of ether oxygens (including phenoxy) is 1. The zero-order valence-corrected chi connectivity index (χ0v) is 12.5. The van der Waals surface area contributed by atoms with Crippen LogP contribution in [0.4, 0.5) is 0 Å². The van der Waals surface area contributed by atoms with Gasteiger partial charge >= 0.3 is 0 Å².